The third kappa shape index (κ3) is 53.7. The van der Waals surface area contributed by atoms with E-state index in [2.05, 4.69) is 26.6 Å². The number of carbonyl (C=O) groups excluding carboxylic acids is 6. The van der Waals surface area contributed by atoms with E-state index in [0.29, 0.717) is 32.8 Å². The van der Waals surface area contributed by atoms with E-state index >= 15 is 0 Å². The van der Waals surface area contributed by atoms with Crippen LogP contribution in [0.3, 0.4) is 0 Å². The van der Waals surface area contributed by atoms with Crippen LogP contribution in [-0.2, 0) is 76.3 Å². The Labute approximate surface area is 432 Å². The van der Waals surface area contributed by atoms with Crippen molar-refractivity contribution in [3.05, 3.63) is 0 Å². The summed E-state index contributed by atoms with van der Waals surface area (Å²) in [5.41, 5.74) is 0. The molecule has 0 heterocycles. The number of rotatable bonds is 56. The Morgan fingerprint density at radius 1 is 0.342 bits per heavy atom. The fourth-order valence-electron chi connectivity index (χ4n) is 6.72. The number of ether oxygens (including phenoxy) is 8. The summed E-state index contributed by atoms with van der Waals surface area (Å²) in [7, 11) is 0. The molecule has 0 aliphatic heterocycles. The lowest BCUT2D eigenvalue weighted by Crippen LogP contribution is -2.41. The first-order valence-corrected chi connectivity index (χ1v) is 26.3. The Hall–Kier alpha value is -4.36. The quantitative estimate of drug-likeness (QED) is 0.0431. The summed E-state index contributed by atoms with van der Waals surface area (Å²) in [6, 6.07) is -1.15. The van der Waals surface area contributed by atoms with Gasteiger partial charge in [0.15, 0.2) is 5.78 Å². The Balaban J connectivity index is 3.58. The van der Waals surface area contributed by atoms with E-state index in [1.165, 1.54) is 64.7 Å². The van der Waals surface area contributed by atoms with E-state index in [9.17, 15) is 43.5 Å². The number of amides is 5. The van der Waals surface area contributed by atoms with Crippen molar-refractivity contribution in [3.63, 3.8) is 0 Å². The van der Waals surface area contributed by atoms with Crippen LogP contribution in [-0.4, -0.2) is 195 Å². The predicted molar refractivity (Wildman–Crippen MR) is 269 cm³/mol. The van der Waals surface area contributed by atoms with E-state index in [1.807, 2.05) is 0 Å². The molecule has 0 aliphatic carbocycles. The Bertz CT molecular complexity index is 1440. The van der Waals surface area contributed by atoms with Gasteiger partial charge in [-0.1, -0.05) is 89.9 Å². The van der Waals surface area contributed by atoms with Crippen LogP contribution < -0.4 is 26.6 Å². The zero-order chi connectivity index (χ0) is 53.7. The van der Waals surface area contributed by atoms with Crippen molar-refractivity contribution in [2.24, 2.45) is 0 Å². The van der Waals surface area contributed by atoms with E-state index in [-0.39, 0.29) is 167 Å². The zero-order valence-electron chi connectivity index (χ0n) is 43.8. The molecule has 23 heteroatoms. The number of hydrogen-bond donors (Lipinski definition) is 7. The van der Waals surface area contributed by atoms with E-state index in [0.717, 1.165) is 38.5 Å². The molecule has 0 aromatic rings. The van der Waals surface area contributed by atoms with Crippen molar-refractivity contribution in [1.29, 1.82) is 0 Å². The molecule has 23 nitrogen and oxygen atoms in total. The van der Waals surface area contributed by atoms with Crippen molar-refractivity contribution in [2.75, 3.05) is 132 Å². The van der Waals surface area contributed by atoms with E-state index in [4.69, 9.17) is 43.0 Å². The van der Waals surface area contributed by atoms with Crippen LogP contribution in [0.2, 0.25) is 0 Å². The molecule has 1 atom stereocenters. The zero-order valence-corrected chi connectivity index (χ0v) is 43.8. The maximum atomic E-state index is 12.4. The van der Waals surface area contributed by atoms with Gasteiger partial charge < -0.3 is 74.7 Å². The van der Waals surface area contributed by atoms with Gasteiger partial charge in [0.1, 0.15) is 32.5 Å². The molecular weight excluding hydrogens is 959 g/mol. The van der Waals surface area contributed by atoms with Crippen LogP contribution in [0.25, 0.3) is 0 Å². The first-order valence-electron chi connectivity index (χ1n) is 26.3. The van der Waals surface area contributed by atoms with Crippen LogP contribution >= 0.6 is 0 Å². The lowest BCUT2D eigenvalue weighted by Gasteiger charge is -2.14. The highest BCUT2D eigenvalue weighted by atomic mass is 16.5. The number of ketones is 1. The molecule has 0 saturated carbocycles. The molecule has 73 heavy (non-hydrogen) atoms. The highest BCUT2D eigenvalue weighted by Crippen LogP contribution is 2.14. The molecule has 0 spiro atoms. The molecule has 0 aliphatic rings. The second-order valence-electron chi connectivity index (χ2n) is 17.3. The number of carboxylic acid groups (broad SMARTS) is 2. The lowest BCUT2D eigenvalue weighted by atomic mass is 10.0. The van der Waals surface area contributed by atoms with Crippen molar-refractivity contribution in [2.45, 2.75) is 141 Å². The summed E-state index contributed by atoms with van der Waals surface area (Å²) in [5.74, 6) is -3.59. The first kappa shape index (κ1) is 68.6. The molecule has 0 aromatic carbocycles. The van der Waals surface area contributed by atoms with Crippen LogP contribution in [0.1, 0.15) is 135 Å². The standard InChI is InChI=1S/C50H91N5O18/c1-42(56)38-70-34-30-67-27-23-52-46(59)40-72-36-32-69-29-25-54-48(61)41-73-37-33-68-28-24-53-47(60)39-71-35-31-66-26-22-51-44(57)21-20-43(50(64)65)55-45(58)18-16-14-12-10-8-6-4-2-3-5-7-9-11-13-15-17-19-49(62)63/h43H,2-41H2,1H3,(H,51,57)(H,52,59)(H,53,60)(H,54,61)(H,55,58)(H,62,63)(H,64,65). The number of carboxylic acids is 2. The number of nitrogens with one attached hydrogen (secondary N) is 5. The van der Waals surface area contributed by atoms with Gasteiger partial charge in [-0.05, 0) is 26.2 Å². The number of aliphatic carboxylic acids is 2. The summed E-state index contributed by atoms with van der Waals surface area (Å²) in [6.45, 7) is 4.88. The van der Waals surface area contributed by atoms with Crippen molar-refractivity contribution < 1.29 is 86.5 Å². The molecule has 0 rings (SSSR count). The second kappa shape index (κ2) is 52.5. The van der Waals surface area contributed by atoms with Gasteiger partial charge in [0.05, 0.1) is 79.3 Å². The fraction of sp³-hybridized carbons (Fsp3) is 0.840. The van der Waals surface area contributed by atoms with Gasteiger partial charge >= 0.3 is 11.9 Å². The molecule has 0 radical (unpaired) electrons. The van der Waals surface area contributed by atoms with Crippen LogP contribution in [0, 0.1) is 0 Å². The average Bonchev–Trinajstić information content (AvgIpc) is 3.35. The van der Waals surface area contributed by atoms with Gasteiger partial charge in [-0.15, -0.1) is 0 Å². The Kier molecular flexibility index (Phi) is 49.4. The summed E-state index contributed by atoms with van der Waals surface area (Å²) >= 11 is 0. The summed E-state index contributed by atoms with van der Waals surface area (Å²) in [4.78, 5) is 93.2. The predicted octanol–water partition coefficient (Wildman–Crippen LogP) is 2.63. The fourth-order valence-corrected chi connectivity index (χ4v) is 6.72. The first-order chi connectivity index (χ1) is 35.4. The lowest BCUT2D eigenvalue weighted by molar-refractivity contribution is -0.142. The van der Waals surface area contributed by atoms with E-state index in [1.54, 1.807) is 0 Å². The average molecular weight is 1050 g/mol. The molecule has 0 bridgehead atoms. The number of unbranched alkanes of at least 4 members (excludes halogenated alkanes) is 15. The normalized spacial score (nSPS) is 11.5. The minimum atomic E-state index is -1.19. The molecular formula is C50H91N5O18. The topological polar surface area (TPSA) is 311 Å². The van der Waals surface area contributed by atoms with Crippen molar-refractivity contribution in [1.82, 2.24) is 26.6 Å². The van der Waals surface area contributed by atoms with Gasteiger partial charge in [-0.25, -0.2) is 4.79 Å². The molecule has 5 amide bonds. The number of hydrogen-bond acceptors (Lipinski definition) is 16. The molecule has 7 N–H and O–H groups in total. The monoisotopic (exact) mass is 1050 g/mol. The van der Waals surface area contributed by atoms with Gasteiger partial charge in [0.2, 0.25) is 29.5 Å². The molecule has 1 unspecified atom stereocenters. The van der Waals surface area contributed by atoms with Crippen LogP contribution in [0.5, 0.6) is 0 Å². The Morgan fingerprint density at radius 2 is 0.644 bits per heavy atom. The highest BCUT2D eigenvalue weighted by Gasteiger charge is 2.21. The minimum Gasteiger partial charge on any atom is -0.481 e. The third-order valence-electron chi connectivity index (χ3n) is 10.6. The molecule has 0 saturated heterocycles. The van der Waals surface area contributed by atoms with Crippen molar-refractivity contribution in [3.8, 4) is 0 Å². The van der Waals surface area contributed by atoms with Gasteiger partial charge in [-0.2, -0.15) is 0 Å². The SMILES string of the molecule is CC(=O)COCCOCCNC(=O)COCCOCCNC(=O)COCCOCCNC(=O)COCCOCCNC(=O)CCC(NC(=O)CCCCCCCCCCCCCCCCCCC(=O)O)C(=O)O. The number of Topliss-reactive ketones (excluding diaryl/α,β-unsaturated/α-hetero) is 1. The van der Waals surface area contributed by atoms with Gasteiger partial charge in [0.25, 0.3) is 0 Å². The maximum absolute atomic E-state index is 12.4. The largest absolute Gasteiger partial charge is 0.481 e. The van der Waals surface area contributed by atoms with Crippen LogP contribution in [0.4, 0.5) is 0 Å². The third-order valence-corrected chi connectivity index (χ3v) is 10.6. The summed E-state index contributed by atoms with van der Waals surface area (Å²) in [6.07, 6.45) is 18.2. The van der Waals surface area contributed by atoms with E-state index < -0.39 is 18.0 Å². The Morgan fingerprint density at radius 3 is 0.973 bits per heavy atom. The second-order valence-corrected chi connectivity index (χ2v) is 17.3. The molecule has 0 fully saturated rings. The van der Waals surface area contributed by atoms with Gasteiger partial charge in [-0.3, -0.25) is 33.6 Å². The minimum absolute atomic E-state index is 0.0332. The van der Waals surface area contributed by atoms with Crippen molar-refractivity contribution >= 4 is 47.3 Å². The maximum Gasteiger partial charge on any atom is 0.326 e. The van der Waals surface area contributed by atoms with Crippen LogP contribution in [0.15, 0.2) is 0 Å². The number of carbonyl (C=O) groups is 8. The smallest absolute Gasteiger partial charge is 0.326 e. The summed E-state index contributed by atoms with van der Waals surface area (Å²) < 4.78 is 42.3. The molecule has 0 aromatic heterocycles. The molecule has 424 valence electrons. The highest BCUT2D eigenvalue weighted by molar-refractivity contribution is 5.84. The van der Waals surface area contributed by atoms with Gasteiger partial charge in [0, 0.05) is 45.4 Å². The summed E-state index contributed by atoms with van der Waals surface area (Å²) in [5, 5.41) is 31.4.